The normalized spacial score (nSPS) is 10.7. The van der Waals surface area contributed by atoms with Gasteiger partial charge in [0.15, 0.2) is 0 Å². The molecule has 1 rings (SSSR count). The van der Waals surface area contributed by atoms with Crippen LogP contribution in [0, 0.1) is 0 Å². The summed E-state index contributed by atoms with van der Waals surface area (Å²) in [5.41, 5.74) is 1.02. The Morgan fingerprint density at radius 2 is 1.69 bits per heavy atom. The Kier molecular flexibility index (Phi) is 4.90. The molecule has 1 aromatic rings. The van der Waals surface area contributed by atoms with Crippen LogP contribution < -0.4 is 15.1 Å². The molecule has 0 amide bonds. The largest absolute Gasteiger partial charge is 2.00 e. The number of rotatable bonds is 2. The molecule has 0 aliphatic heterocycles. The minimum absolute atomic E-state index is 0. The number of aryl methyl sites for hydroxylation is 1. The molecule has 0 saturated carbocycles. The summed E-state index contributed by atoms with van der Waals surface area (Å²) in [5.74, 6) is 0. The zero-order chi connectivity index (χ0) is 9.19. The molecule has 1 aromatic carbocycles. The summed E-state index contributed by atoms with van der Waals surface area (Å²) < 4.78 is 10.5. The van der Waals surface area contributed by atoms with Gasteiger partial charge in [-0.1, -0.05) is 31.2 Å². The molecule has 0 unspecified atom stereocenters. The molecule has 0 N–H and O–H groups in total. The van der Waals surface area contributed by atoms with Crippen molar-refractivity contribution >= 4 is 12.9 Å². The first-order valence-electron chi connectivity index (χ1n) is 3.65. The van der Waals surface area contributed by atoms with E-state index < -0.39 is 7.60 Å². The van der Waals surface area contributed by atoms with E-state index in [0.29, 0.717) is 0 Å². The van der Waals surface area contributed by atoms with E-state index in [1.54, 1.807) is 12.1 Å². The Labute approximate surface area is 87.8 Å². The van der Waals surface area contributed by atoms with Crippen molar-refractivity contribution < 1.29 is 31.4 Å². The predicted octanol–water partition coefficient (Wildman–Crippen LogP) is -0.215. The molecule has 0 aliphatic rings. The van der Waals surface area contributed by atoms with Crippen LogP contribution in [0.2, 0.25) is 0 Å². The number of benzene rings is 1. The SMILES string of the molecule is CCc1ccc(P(=O)([O-])[O-])cc1.[Cu+2]. The Morgan fingerprint density at radius 3 is 2.00 bits per heavy atom. The van der Waals surface area contributed by atoms with E-state index >= 15 is 0 Å². The van der Waals surface area contributed by atoms with Gasteiger partial charge >= 0.3 is 17.1 Å². The van der Waals surface area contributed by atoms with Gasteiger partial charge in [-0.25, -0.2) is 0 Å². The van der Waals surface area contributed by atoms with Gasteiger partial charge < -0.3 is 14.4 Å². The van der Waals surface area contributed by atoms with E-state index in [2.05, 4.69) is 0 Å². The Bertz CT molecular complexity index is 304. The maximum atomic E-state index is 10.5. The first-order valence-corrected chi connectivity index (χ1v) is 5.20. The third-order valence-corrected chi connectivity index (χ3v) is 2.59. The molecule has 75 valence electrons. The van der Waals surface area contributed by atoms with E-state index in [-0.39, 0.29) is 22.4 Å². The summed E-state index contributed by atoms with van der Waals surface area (Å²) in [6, 6.07) is 5.99. The molecule has 0 saturated heterocycles. The third-order valence-electron chi connectivity index (χ3n) is 1.66. The quantitative estimate of drug-likeness (QED) is 0.536. The van der Waals surface area contributed by atoms with Crippen LogP contribution in [0.1, 0.15) is 12.5 Å². The molecule has 13 heavy (non-hydrogen) atoms. The molecule has 3 nitrogen and oxygen atoms in total. The van der Waals surface area contributed by atoms with Gasteiger partial charge in [0, 0.05) is 0 Å². The van der Waals surface area contributed by atoms with Gasteiger partial charge in [0.25, 0.3) is 0 Å². The average molecular weight is 248 g/mol. The Hall–Kier alpha value is -0.111. The number of hydrogen-bond acceptors (Lipinski definition) is 3. The monoisotopic (exact) mass is 247 g/mol. The van der Waals surface area contributed by atoms with Crippen molar-refractivity contribution in [3.63, 3.8) is 0 Å². The summed E-state index contributed by atoms with van der Waals surface area (Å²) >= 11 is 0. The van der Waals surface area contributed by atoms with Gasteiger partial charge in [-0.15, -0.1) is 0 Å². The Balaban J connectivity index is 0.00000144. The molecule has 0 bridgehead atoms. The smallest absolute Gasteiger partial charge is 0.807 e. The molecule has 0 aliphatic carbocycles. The maximum absolute atomic E-state index is 10.5. The predicted molar refractivity (Wildman–Crippen MR) is 43.1 cm³/mol. The molecular weight excluding hydrogens is 239 g/mol. The molecule has 0 aromatic heterocycles. The molecule has 1 radical (unpaired) electrons. The van der Waals surface area contributed by atoms with Gasteiger partial charge in [-0.2, -0.15) is 0 Å². The second-order valence-electron chi connectivity index (χ2n) is 2.52. The van der Waals surface area contributed by atoms with E-state index in [9.17, 15) is 14.4 Å². The van der Waals surface area contributed by atoms with Crippen molar-refractivity contribution in [3.8, 4) is 0 Å². The second kappa shape index (κ2) is 4.94. The third kappa shape index (κ3) is 3.63. The minimum atomic E-state index is -4.55. The van der Waals surface area contributed by atoms with Crippen LogP contribution in [0.5, 0.6) is 0 Å². The van der Waals surface area contributed by atoms with Gasteiger partial charge in [0.2, 0.25) is 0 Å². The van der Waals surface area contributed by atoms with Gasteiger partial charge in [0.05, 0.1) is 0 Å². The summed E-state index contributed by atoms with van der Waals surface area (Å²) in [7, 11) is -4.55. The maximum Gasteiger partial charge on any atom is 2.00 e. The van der Waals surface area contributed by atoms with Crippen LogP contribution >= 0.6 is 7.60 Å². The van der Waals surface area contributed by atoms with Crippen molar-refractivity contribution in [2.24, 2.45) is 0 Å². The van der Waals surface area contributed by atoms with Gasteiger partial charge in [-0.3, -0.25) is 0 Å². The second-order valence-corrected chi connectivity index (χ2v) is 4.03. The van der Waals surface area contributed by atoms with Gasteiger partial charge in [-0.05, 0) is 24.9 Å². The molecule has 5 heteroatoms. The summed E-state index contributed by atoms with van der Waals surface area (Å²) in [6.07, 6.45) is 0.836. The molecule has 0 heterocycles. The fraction of sp³-hybridized carbons (Fsp3) is 0.250. The van der Waals surface area contributed by atoms with Crippen LogP contribution in [-0.2, 0) is 28.1 Å². The Morgan fingerprint density at radius 1 is 1.23 bits per heavy atom. The minimum Gasteiger partial charge on any atom is -0.807 e. The van der Waals surface area contributed by atoms with Crippen LogP contribution in [0.3, 0.4) is 0 Å². The van der Waals surface area contributed by atoms with Crippen molar-refractivity contribution in [2.45, 2.75) is 13.3 Å². The molecular formula is C8H9CuO3P. The zero-order valence-electron chi connectivity index (χ0n) is 6.99. The van der Waals surface area contributed by atoms with E-state index in [0.717, 1.165) is 12.0 Å². The summed E-state index contributed by atoms with van der Waals surface area (Å²) in [4.78, 5) is 21.0. The van der Waals surface area contributed by atoms with Crippen LogP contribution in [0.25, 0.3) is 0 Å². The van der Waals surface area contributed by atoms with Crippen molar-refractivity contribution in [1.82, 2.24) is 0 Å². The van der Waals surface area contributed by atoms with E-state index in [4.69, 9.17) is 0 Å². The fourth-order valence-electron chi connectivity index (χ4n) is 0.914. The standard InChI is InChI=1S/C8H11O3P.Cu/c1-2-7-3-5-8(6-4-7)12(9,10)11;/h3-6H,2H2,1H3,(H2,9,10,11);/q;+2/p-2. The van der Waals surface area contributed by atoms with Crippen molar-refractivity contribution in [2.75, 3.05) is 0 Å². The van der Waals surface area contributed by atoms with Crippen LogP contribution in [-0.4, -0.2) is 0 Å². The first kappa shape index (κ1) is 12.9. The van der Waals surface area contributed by atoms with Crippen molar-refractivity contribution in [1.29, 1.82) is 0 Å². The molecule has 0 spiro atoms. The van der Waals surface area contributed by atoms with Crippen LogP contribution in [0.15, 0.2) is 24.3 Å². The first-order chi connectivity index (χ1) is 5.54. The summed E-state index contributed by atoms with van der Waals surface area (Å²) in [5, 5.41) is -0.139. The zero-order valence-corrected chi connectivity index (χ0v) is 8.83. The van der Waals surface area contributed by atoms with E-state index in [1.165, 1.54) is 12.1 Å². The average Bonchev–Trinajstić information content (AvgIpc) is 2.03. The fourth-order valence-corrected chi connectivity index (χ4v) is 1.43. The molecule has 0 fully saturated rings. The van der Waals surface area contributed by atoms with E-state index in [1.807, 2.05) is 6.92 Å². The van der Waals surface area contributed by atoms with Gasteiger partial charge in [0.1, 0.15) is 0 Å². The summed E-state index contributed by atoms with van der Waals surface area (Å²) in [6.45, 7) is 1.96. The molecule has 0 atom stereocenters. The van der Waals surface area contributed by atoms with Crippen molar-refractivity contribution in [3.05, 3.63) is 29.8 Å². The van der Waals surface area contributed by atoms with Crippen LogP contribution in [0.4, 0.5) is 0 Å². The topological polar surface area (TPSA) is 63.2 Å². The number of hydrogen-bond donors (Lipinski definition) is 0.